The van der Waals surface area contributed by atoms with Gasteiger partial charge >= 0.3 is 0 Å². The average molecular weight is 253 g/mol. The molecule has 5 heteroatoms. The van der Waals surface area contributed by atoms with Crippen molar-refractivity contribution >= 4 is 16.9 Å². The van der Waals surface area contributed by atoms with E-state index < -0.39 is 0 Å². The molecule has 0 saturated carbocycles. The summed E-state index contributed by atoms with van der Waals surface area (Å²) in [7, 11) is 1.99. The Morgan fingerprint density at radius 2 is 2.05 bits per heavy atom. The summed E-state index contributed by atoms with van der Waals surface area (Å²) in [6.07, 6.45) is 3.80. The van der Waals surface area contributed by atoms with Crippen LogP contribution in [0.25, 0.3) is 22.3 Å². The van der Waals surface area contributed by atoms with Gasteiger partial charge in [0, 0.05) is 36.9 Å². The number of nitrogens with zero attached hydrogens (tertiary/aromatic N) is 4. The number of nitrogens with one attached hydrogen (secondary N) is 1. The molecule has 0 aliphatic heterocycles. The number of fused-ring (bicyclic) bond motifs is 1. The first-order valence-corrected chi connectivity index (χ1v) is 6.27. The predicted octanol–water partition coefficient (Wildman–Crippen LogP) is 2.46. The Bertz CT molecular complexity index is 699. The molecule has 96 valence electrons. The van der Waals surface area contributed by atoms with Gasteiger partial charge in [0.25, 0.3) is 0 Å². The van der Waals surface area contributed by atoms with Gasteiger partial charge in [0.1, 0.15) is 11.5 Å². The lowest BCUT2D eigenvalue weighted by molar-refractivity contribution is 0.948. The molecule has 0 atom stereocenters. The molecule has 0 spiro atoms. The first-order valence-electron chi connectivity index (χ1n) is 6.27. The van der Waals surface area contributed by atoms with Gasteiger partial charge < -0.3 is 9.88 Å². The zero-order valence-corrected chi connectivity index (χ0v) is 11.0. The highest BCUT2D eigenvalue weighted by Crippen LogP contribution is 2.26. The molecule has 0 aliphatic rings. The van der Waals surface area contributed by atoms with Gasteiger partial charge in [0.05, 0.1) is 5.69 Å². The summed E-state index contributed by atoms with van der Waals surface area (Å²) in [5.74, 6) is 0.796. The highest BCUT2D eigenvalue weighted by Gasteiger charge is 2.08. The molecule has 3 aromatic rings. The van der Waals surface area contributed by atoms with Crippen molar-refractivity contribution in [1.82, 2.24) is 19.7 Å². The third-order valence-corrected chi connectivity index (χ3v) is 3.07. The van der Waals surface area contributed by atoms with Crippen LogP contribution in [0.4, 0.5) is 5.82 Å². The summed E-state index contributed by atoms with van der Waals surface area (Å²) in [5.41, 5.74) is 2.87. The Balaban J connectivity index is 2.08. The fourth-order valence-corrected chi connectivity index (χ4v) is 2.14. The minimum Gasteiger partial charge on any atom is -0.369 e. The van der Waals surface area contributed by atoms with Crippen LogP contribution in [0.5, 0.6) is 0 Å². The molecule has 0 fully saturated rings. The third-order valence-electron chi connectivity index (χ3n) is 3.07. The van der Waals surface area contributed by atoms with Gasteiger partial charge in [-0.3, -0.25) is 0 Å². The zero-order valence-electron chi connectivity index (χ0n) is 11.0. The van der Waals surface area contributed by atoms with Crippen molar-refractivity contribution in [3.05, 3.63) is 36.7 Å². The van der Waals surface area contributed by atoms with Crippen LogP contribution < -0.4 is 5.32 Å². The Hall–Kier alpha value is -2.43. The number of pyridine rings is 1. The standard InChI is InChI=1S/C14H15N5/c1-3-15-13-5-4-12(17-18-13)10-6-8-16-14-11(10)7-9-19(14)2/h4-9H,3H2,1-2H3,(H,15,18). The van der Waals surface area contributed by atoms with Crippen LogP contribution in [-0.2, 0) is 7.05 Å². The monoisotopic (exact) mass is 253 g/mol. The molecule has 3 heterocycles. The first kappa shape index (κ1) is 11.6. The van der Waals surface area contributed by atoms with Gasteiger partial charge in [-0.15, -0.1) is 10.2 Å². The molecule has 0 aliphatic carbocycles. The van der Waals surface area contributed by atoms with Gasteiger partial charge in [-0.05, 0) is 31.2 Å². The van der Waals surface area contributed by atoms with Crippen molar-refractivity contribution in [2.24, 2.45) is 7.05 Å². The molecule has 0 bridgehead atoms. The molecule has 0 amide bonds. The maximum absolute atomic E-state index is 4.38. The predicted molar refractivity (Wildman–Crippen MR) is 75.9 cm³/mol. The van der Waals surface area contributed by atoms with E-state index in [4.69, 9.17) is 0 Å². The Morgan fingerprint density at radius 1 is 1.16 bits per heavy atom. The van der Waals surface area contributed by atoms with Crippen molar-refractivity contribution < 1.29 is 0 Å². The number of aromatic nitrogens is 4. The van der Waals surface area contributed by atoms with Crippen molar-refractivity contribution in [1.29, 1.82) is 0 Å². The molecular weight excluding hydrogens is 238 g/mol. The third kappa shape index (κ3) is 2.03. The Morgan fingerprint density at radius 3 is 2.79 bits per heavy atom. The van der Waals surface area contributed by atoms with E-state index in [2.05, 4.69) is 26.6 Å². The average Bonchev–Trinajstić information content (AvgIpc) is 2.82. The molecular formula is C14H15N5. The smallest absolute Gasteiger partial charge is 0.148 e. The summed E-state index contributed by atoms with van der Waals surface area (Å²) in [6, 6.07) is 7.95. The van der Waals surface area contributed by atoms with E-state index >= 15 is 0 Å². The fourth-order valence-electron chi connectivity index (χ4n) is 2.14. The highest BCUT2D eigenvalue weighted by atomic mass is 15.2. The Kier molecular flexibility index (Phi) is 2.87. The summed E-state index contributed by atoms with van der Waals surface area (Å²) in [6.45, 7) is 2.87. The largest absolute Gasteiger partial charge is 0.369 e. The normalized spacial score (nSPS) is 10.8. The molecule has 0 aromatic carbocycles. The quantitative estimate of drug-likeness (QED) is 0.779. The summed E-state index contributed by atoms with van der Waals surface area (Å²) < 4.78 is 2.00. The van der Waals surface area contributed by atoms with Gasteiger partial charge in [-0.2, -0.15) is 0 Å². The van der Waals surface area contributed by atoms with E-state index in [1.165, 1.54) is 0 Å². The van der Waals surface area contributed by atoms with Gasteiger partial charge in [-0.25, -0.2) is 4.98 Å². The van der Waals surface area contributed by atoms with Crippen LogP contribution in [0.2, 0.25) is 0 Å². The maximum Gasteiger partial charge on any atom is 0.148 e. The lowest BCUT2D eigenvalue weighted by Gasteiger charge is -2.04. The van der Waals surface area contributed by atoms with Crippen LogP contribution in [0.1, 0.15) is 6.92 Å². The molecule has 1 N–H and O–H groups in total. The first-order chi connectivity index (χ1) is 9.29. The van der Waals surface area contributed by atoms with E-state index in [1.54, 1.807) is 6.20 Å². The second-order valence-electron chi connectivity index (χ2n) is 4.36. The maximum atomic E-state index is 4.38. The molecule has 0 saturated heterocycles. The summed E-state index contributed by atoms with van der Waals surface area (Å²) in [5, 5.41) is 12.7. The van der Waals surface area contributed by atoms with E-state index in [-0.39, 0.29) is 0 Å². The van der Waals surface area contributed by atoms with Crippen molar-refractivity contribution in [3.8, 4) is 11.3 Å². The van der Waals surface area contributed by atoms with Gasteiger partial charge in [0.15, 0.2) is 0 Å². The van der Waals surface area contributed by atoms with Crippen molar-refractivity contribution in [2.75, 3.05) is 11.9 Å². The summed E-state index contributed by atoms with van der Waals surface area (Å²) >= 11 is 0. The number of hydrogen-bond acceptors (Lipinski definition) is 4. The SMILES string of the molecule is CCNc1ccc(-c2ccnc3c2ccn3C)nn1. The van der Waals surface area contributed by atoms with Crippen LogP contribution in [0.3, 0.4) is 0 Å². The number of anilines is 1. The van der Waals surface area contributed by atoms with Crippen LogP contribution >= 0.6 is 0 Å². The van der Waals surface area contributed by atoms with E-state index in [0.717, 1.165) is 34.7 Å². The van der Waals surface area contributed by atoms with Crippen molar-refractivity contribution in [2.45, 2.75) is 6.92 Å². The minimum absolute atomic E-state index is 0.796. The molecule has 0 unspecified atom stereocenters. The van der Waals surface area contributed by atoms with Crippen LogP contribution in [-0.4, -0.2) is 26.3 Å². The van der Waals surface area contributed by atoms with Crippen molar-refractivity contribution in [3.63, 3.8) is 0 Å². The van der Waals surface area contributed by atoms with Gasteiger partial charge in [0.2, 0.25) is 0 Å². The fraction of sp³-hybridized carbons (Fsp3) is 0.214. The number of rotatable bonds is 3. The van der Waals surface area contributed by atoms with Crippen LogP contribution in [0, 0.1) is 0 Å². The summed E-state index contributed by atoms with van der Waals surface area (Å²) in [4.78, 5) is 4.38. The zero-order chi connectivity index (χ0) is 13.2. The number of hydrogen-bond donors (Lipinski definition) is 1. The molecule has 3 aromatic heterocycles. The topological polar surface area (TPSA) is 55.6 Å². The highest BCUT2D eigenvalue weighted by molar-refractivity contribution is 5.92. The van der Waals surface area contributed by atoms with E-state index in [9.17, 15) is 0 Å². The lowest BCUT2D eigenvalue weighted by atomic mass is 10.1. The van der Waals surface area contributed by atoms with Gasteiger partial charge in [-0.1, -0.05) is 0 Å². The second kappa shape index (κ2) is 4.68. The minimum atomic E-state index is 0.796. The molecule has 0 radical (unpaired) electrons. The molecule has 3 rings (SSSR count). The lowest BCUT2D eigenvalue weighted by Crippen LogP contribution is -2.00. The molecule has 5 nitrogen and oxygen atoms in total. The molecule has 19 heavy (non-hydrogen) atoms. The van der Waals surface area contributed by atoms with E-state index in [0.29, 0.717) is 0 Å². The number of aryl methyl sites for hydroxylation is 1. The van der Waals surface area contributed by atoms with E-state index in [1.807, 2.05) is 42.9 Å². The Labute approximate surface area is 111 Å². The second-order valence-corrected chi connectivity index (χ2v) is 4.36. The van der Waals surface area contributed by atoms with Crippen LogP contribution in [0.15, 0.2) is 36.7 Å².